The van der Waals surface area contributed by atoms with Crippen LogP contribution in [0.25, 0.3) is 0 Å². The smallest absolute Gasteiger partial charge is 0.338 e. The third-order valence-electron chi connectivity index (χ3n) is 4.92. The van der Waals surface area contributed by atoms with Crippen LogP contribution in [0.1, 0.15) is 31.1 Å². The van der Waals surface area contributed by atoms with Gasteiger partial charge < -0.3 is 10.1 Å². The van der Waals surface area contributed by atoms with Crippen LogP contribution in [-0.2, 0) is 9.53 Å². The molecule has 7 nitrogen and oxygen atoms in total. The largest absolute Gasteiger partial charge is 0.452 e. The fraction of sp³-hybridized carbons (Fsp3) is 0.0833. The van der Waals surface area contributed by atoms with Gasteiger partial charge in [-0.2, -0.15) is 0 Å². The highest BCUT2D eigenvalue weighted by atomic mass is 35.5. The number of fused-ring (bicyclic) bond motifs is 1. The lowest BCUT2D eigenvalue weighted by Gasteiger charge is -2.15. The van der Waals surface area contributed by atoms with Gasteiger partial charge in [0, 0.05) is 10.6 Å². The first-order chi connectivity index (χ1) is 15.9. The minimum Gasteiger partial charge on any atom is -0.452 e. The number of carbonyl (C=O) groups excluding carboxylic acids is 4. The molecular weight excluding hydrogens is 464 g/mol. The maximum atomic E-state index is 12.9. The van der Waals surface area contributed by atoms with E-state index in [2.05, 4.69) is 5.32 Å². The highest BCUT2D eigenvalue weighted by Crippen LogP contribution is 2.33. The van der Waals surface area contributed by atoms with Crippen LogP contribution in [0.15, 0.2) is 71.6 Å². The van der Waals surface area contributed by atoms with Crippen molar-refractivity contribution >= 4 is 58.4 Å². The molecule has 3 aromatic carbocycles. The Hall–Kier alpha value is -3.62. The summed E-state index contributed by atoms with van der Waals surface area (Å²) >= 11 is 7.72. The van der Waals surface area contributed by atoms with Crippen LogP contribution in [0.3, 0.4) is 0 Å². The van der Waals surface area contributed by atoms with Crippen LogP contribution in [-0.4, -0.2) is 36.6 Å². The number of esters is 1. The number of para-hydroxylation sites is 1. The first-order valence-electron chi connectivity index (χ1n) is 9.77. The topological polar surface area (TPSA) is 92.8 Å². The number of benzene rings is 3. The Kier molecular flexibility index (Phi) is 6.48. The van der Waals surface area contributed by atoms with E-state index in [0.29, 0.717) is 5.69 Å². The third kappa shape index (κ3) is 4.62. The highest BCUT2D eigenvalue weighted by molar-refractivity contribution is 7.98. The summed E-state index contributed by atoms with van der Waals surface area (Å²) in [5.41, 5.74) is 1.11. The Morgan fingerprint density at radius 2 is 1.67 bits per heavy atom. The summed E-state index contributed by atoms with van der Waals surface area (Å²) in [6.07, 6.45) is 1.95. The number of ether oxygens (including phenoxy) is 1. The molecule has 33 heavy (non-hydrogen) atoms. The quantitative estimate of drug-likeness (QED) is 0.313. The molecule has 1 aliphatic heterocycles. The first kappa shape index (κ1) is 22.6. The molecule has 1 aliphatic rings. The van der Waals surface area contributed by atoms with Crippen molar-refractivity contribution in [3.8, 4) is 0 Å². The average molecular weight is 481 g/mol. The number of imide groups is 1. The number of hydrogen-bond acceptors (Lipinski definition) is 6. The van der Waals surface area contributed by atoms with E-state index < -0.39 is 30.3 Å². The lowest BCUT2D eigenvalue weighted by Crippen LogP contribution is -2.29. The van der Waals surface area contributed by atoms with Crippen molar-refractivity contribution in [2.45, 2.75) is 4.90 Å². The average Bonchev–Trinajstić information content (AvgIpc) is 3.07. The molecule has 9 heteroatoms. The molecule has 0 spiro atoms. The van der Waals surface area contributed by atoms with Crippen LogP contribution < -0.4 is 10.2 Å². The summed E-state index contributed by atoms with van der Waals surface area (Å²) < 4.78 is 5.07. The highest BCUT2D eigenvalue weighted by Gasteiger charge is 2.38. The maximum Gasteiger partial charge on any atom is 0.338 e. The number of nitrogens with one attached hydrogen (secondary N) is 1. The second-order valence-corrected chi connectivity index (χ2v) is 8.30. The molecule has 0 aromatic heterocycles. The minimum absolute atomic E-state index is 0.0491. The van der Waals surface area contributed by atoms with E-state index in [1.807, 2.05) is 18.4 Å². The Morgan fingerprint density at radius 1 is 0.970 bits per heavy atom. The first-order valence-corrected chi connectivity index (χ1v) is 11.4. The molecule has 0 saturated carbocycles. The molecule has 0 radical (unpaired) electrons. The second kappa shape index (κ2) is 9.48. The number of nitrogens with zero attached hydrogens (tertiary/aromatic N) is 1. The molecule has 166 valence electrons. The molecule has 0 aliphatic carbocycles. The molecule has 1 N–H and O–H groups in total. The zero-order valence-electron chi connectivity index (χ0n) is 17.3. The fourth-order valence-corrected chi connectivity index (χ4v) is 3.93. The van der Waals surface area contributed by atoms with Crippen molar-refractivity contribution < 1.29 is 23.9 Å². The Morgan fingerprint density at radius 3 is 2.36 bits per heavy atom. The van der Waals surface area contributed by atoms with Crippen molar-refractivity contribution in [1.82, 2.24) is 0 Å². The van der Waals surface area contributed by atoms with Crippen molar-refractivity contribution in [2.24, 2.45) is 0 Å². The maximum absolute atomic E-state index is 12.9. The molecule has 1 heterocycles. The van der Waals surface area contributed by atoms with E-state index in [0.717, 1.165) is 9.80 Å². The summed E-state index contributed by atoms with van der Waals surface area (Å²) in [6.45, 7) is -0.501. The predicted octanol–water partition coefficient (Wildman–Crippen LogP) is 4.66. The summed E-state index contributed by atoms with van der Waals surface area (Å²) in [5, 5.41) is 2.89. The van der Waals surface area contributed by atoms with E-state index in [9.17, 15) is 19.2 Å². The molecule has 0 atom stereocenters. The molecule has 4 rings (SSSR count). The van der Waals surface area contributed by atoms with E-state index in [-0.39, 0.29) is 27.4 Å². The van der Waals surface area contributed by atoms with E-state index in [4.69, 9.17) is 16.3 Å². The van der Waals surface area contributed by atoms with Crippen LogP contribution in [0.2, 0.25) is 5.02 Å². The van der Waals surface area contributed by atoms with Crippen molar-refractivity contribution in [2.75, 3.05) is 23.1 Å². The number of rotatable bonds is 6. The molecule has 3 amide bonds. The normalized spacial score (nSPS) is 12.5. The van der Waals surface area contributed by atoms with Crippen molar-refractivity contribution in [3.63, 3.8) is 0 Å². The van der Waals surface area contributed by atoms with Crippen LogP contribution in [0.5, 0.6) is 0 Å². The van der Waals surface area contributed by atoms with Crippen LogP contribution in [0.4, 0.5) is 11.4 Å². The number of thioether (sulfide) groups is 1. The molecule has 0 saturated heterocycles. The number of halogens is 1. The standard InChI is InChI=1S/C24H17ClN2O5S/c1-33-16-9-7-15(8-10-16)26-21(28)13-32-24(31)14-6-11-17-18(12-14)23(30)27(22(17)29)20-5-3-2-4-19(20)25/h2-12H,13H2,1H3,(H,26,28). The van der Waals surface area contributed by atoms with Gasteiger partial charge in [-0.1, -0.05) is 23.7 Å². The molecule has 0 fully saturated rings. The van der Waals surface area contributed by atoms with Gasteiger partial charge in [-0.25, -0.2) is 9.69 Å². The zero-order chi connectivity index (χ0) is 23.5. The molecular formula is C24H17ClN2O5S. The predicted molar refractivity (Wildman–Crippen MR) is 126 cm³/mol. The molecule has 3 aromatic rings. The van der Waals surface area contributed by atoms with E-state index >= 15 is 0 Å². The van der Waals surface area contributed by atoms with Gasteiger partial charge in [0.25, 0.3) is 17.7 Å². The lowest BCUT2D eigenvalue weighted by molar-refractivity contribution is -0.119. The summed E-state index contributed by atoms with van der Waals surface area (Å²) in [5.74, 6) is -2.42. The number of hydrogen-bond donors (Lipinski definition) is 1. The number of carbonyl (C=O) groups is 4. The molecule has 0 bridgehead atoms. The summed E-state index contributed by atoms with van der Waals surface area (Å²) in [6, 6.07) is 17.8. The van der Waals surface area contributed by atoms with E-state index in [1.54, 1.807) is 48.2 Å². The van der Waals surface area contributed by atoms with Gasteiger partial charge in [-0.05, 0) is 60.9 Å². The second-order valence-electron chi connectivity index (χ2n) is 7.01. The van der Waals surface area contributed by atoms with Gasteiger partial charge in [0.1, 0.15) is 0 Å². The van der Waals surface area contributed by atoms with Gasteiger partial charge in [0.2, 0.25) is 0 Å². The zero-order valence-corrected chi connectivity index (χ0v) is 18.9. The van der Waals surface area contributed by atoms with Crippen molar-refractivity contribution in [1.29, 1.82) is 0 Å². The molecule has 0 unspecified atom stereocenters. The Labute approximate surface area is 198 Å². The monoisotopic (exact) mass is 480 g/mol. The van der Waals surface area contributed by atoms with Gasteiger partial charge in [-0.3, -0.25) is 14.4 Å². The fourth-order valence-electron chi connectivity index (χ4n) is 3.31. The van der Waals surface area contributed by atoms with E-state index in [1.165, 1.54) is 18.2 Å². The van der Waals surface area contributed by atoms with Gasteiger partial charge in [0.15, 0.2) is 6.61 Å². The number of amides is 3. The summed E-state index contributed by atoms with van der Waals surface area (Å²) in [7, 11) is 0. The van der Waals surface area contributed by atoms with Crippen LogP contribution >= 0.6 is 23.4 Å². The summed E-state index contributed by atoms with van der Waals surface area (Å²) in [4.78, 5) is 52.2. The number of anilines is 2. The minimum atomic E-state index is -0.790. The van der Waals surface area contributed by atoms with Crippen LogP contribution in [0, 0.1) is 0 Å². The third-order valence-corrected chi connectivity index (χ3v) is 5.99. The van der Waals surface area contributed by atoms with Crippen molar-refractivity contribution in [3.05, 3.63) is 88.4 Å². The lowest BCUT2D eigenvalue weighted by atomic mass is 10.1. The van der Waals surface area contributed by atoms with Gasteiger partial charge >= 0.3 is 5.97 Å². The Balaban J connectivity index is 1.43. The van der Waals surface area contributed by atoms with Gasteiger partial charge in [-0.15, -0.1) is 11.8 Å². The SMILES string of the molecule is CSc1ccc(NC(=O)COC(=O)c2ccc3c(c2)C(=O)N(c2ccccc2Cl)C3=O)cc1. The van der Waals surface area contributed by atoms with Gasteiger partial charge in [0.05, 0.1) is 27.4 Å². The Bertz CT molecular complexity index is 1280.